The van der Waals surface area contributed by atoms with Crippen molar-refractivity contribution in [1.82, 2.24) is 5.32 Å². The number of unbranched alkanes of at least 4 members (excludes halogenated alkanes) is 24. The summed E-state index contributed by atoms with van der Waals surface area (Å²) < 4.78 is 5.83. The van der Waals surface area contributed by atoms with E-state index in [-0.39, 0.29) is 24.9 Å². The molecule has 0 saturated heterocycles. The molecule has 0 aromatic rings. The molecule has 0 aliphatic rings. The minimum atomic E-state index is -0.775. The number of hydrogen-bond donors (Lipinski definition) is 3. The molecular formula is C40H79NO5. The summed E-state index contributed by atoms with van der Waals surface area (Å²) >= 11 is 0. The molecule has 0 radical (unpaired) electrons. The van der Waals surface area contributed by atoms with E-state index in [0.29, 0.717) is 19.3 Å². The van der Waals surface area contributed by atoms with Gasteiger partial charge in [-0.05, 0) is 25.7 Å². The summed E-state index contributed by atoms with van der Waals surface area (Å²) in [5.41, 5.74) is 0. The maximum Gasteiger partial charge on any atom is 0.306 e. The van der Waals surface area contributed by atoms with Gasteiger partial charge in [0.2, 0.25) is 5.91 Å². The molecule has 274 valence electrons. The first-order chi connectivity index (χ1) is 22.5. The van der Waals surface area contributed by atoms with Crippen LogP contribution < -0.4 is 5.32 Å². The smallest absolute Gasteiger partial charge is 0.306 e. The van der Waals surface area contributed by atoms with E-state index in [0.717, 1.165) is 44.9 Å². The van der Waals surface area contributed by atoms with Crippen molar-refractivity contribution in [2.24, 2.45) is 0 Å². The van der Waals surface area contributed by atoms with E-state index in [1.807, 2.05) is 0 Å². The van der Waals surface area contributed by atoms with E-state index in [2.05, 4.69) is 26.1 Å². The normalized spacial score (nSPS) is 13.4. The maximum absolute atomic E-state index is 13.0. The summed E-state index contributed by atoms with van der Waals surface area (Å²) in [7, 11) is 0. The van der Waals surface area contributed by atoms with Crippen LogP contribution in [-0.2, 0) is 14.3 Å². The van der Waals surface area contributed by atoms with Crippen LogP contribution >= 0.6 is 0 Å². The van der Waals surface area contributed by atoms with E-state index < -0.39 is 18.2 Å². The predicted molar refractivity (Wildman–Crippen MR) is 195 cm³/mol. The minimum absolute atomic E-state index is 0.0843. The Kier molecular flexibility index (Phi) is 34.3. The highest BCUT2D eigenvalue weighted by atomic mass is 16.5. The SMILES string of the molecule is CCCCCCCCCCCCCC(O)C(CO)NC(=O)CC(CCCCCCCCC)OC(=O)CCCCCCCCCCC. The van der Waals surface area contributed by atoms with Crippen molar-refractivity contribution < 1.29 is 24.5 Å². The van der Waals surface area contributed by atoms with E-state index in [9.17, 15) is 19.8 Å². The number of rotatable bonds is 36. The predicted octanol–water partition coefficient (Wildman–Crippen LogP) is 10.9. The third-order valence-electron chi connectivity index (χ3n) is 9.44. The summed E-state index contributed by atoms with van der Waals surface area (Å²) in [6.45, 7) is 6.41. The monoisotopic (exact) mass is 654 g/mol. The number of aliphatic hydroxyl groups is 2. The molecule has 3 atom stereocenters. The van der Waals surface area contributed by atoms with Gasteiger partial charge in [0.25, 0.3) is 0 Å². The zero-order chi connectivity index (χ0) is 33.9. The number of nitrogens with one attached hydrogen (secondary N) is 1. The molecule has 0 saturated carbocycles. The molecule has 3 N–H and O–H groups in total. The minimum Gasteiger partial charge on any atom is -0.462 e. The van der Waals surface area contributed by atoms with E-state index in [1.54, 1.807) is 0 Å². The lowest BCUT2D eigenvalue weighted by Gasteiger charge is -2.24. The van der Waals surface area contributed by atoms with Crippen LogP contribution in [-0.4, -0.2) is 46.9 Å². The Morgan fingerprint density at radius 1 is 0.543 bits per heavy atom. The van der Waals surface area contributed by atoms with Crippen LogP contribution in [0.3, 0.4) is 0 Å². The van der Waals surface area contributed by atoms with Crippen molar-refractivity contribution in [3.05, 3.63) is 0 Å². The fraction of sp³-hybridized carbons (Fsp3) is 0.950. The molecule has 0 aromatic carbocycles. The molecule has 0 aliphatic carbocycles. The Bertz CT molecular complexity index is 658. The second kappa shape index (κ2) is 35.2. The summed E-state index contributed by atoms with van der Waals surface area (Å²) in [4.78, 5) is 25.7. The third-order valence-corrected chi connectivity index (χ3v) is 9.44. The van der Waals surface area contributed by atoms with Gasteiger partial charge in [-0.15, -0.1) is 0 Å². The lowest BCUT2D eigenvalue weighted by Crippen LogP contribution is -2.46. The van der Waals surface area contributed by atoms with E-state index >= 15 is 0 Å². The highest BCUT2D eigenvalue weighted by molar-refractivity contribution is 5.77. The van der Waals surface area contributed by atoms with Crippen LogP contribution in [0.2, 0.25) is 0 Å². The molecule has 0 aromatic heterocycles. The highest BCUT2D eigenvalue weighted by Crippen LogP contribution is 2.17. The van der Waals surface area contributed by atoms with Crippen LogP contribution in [0.25, 0.3) is 0 Å². The zero-order valence-electron chi connectivity index (χ0n) is 31.0. The van der Waals surface area contributed by atoms with Crippen LogP contribution in [0.5, 0.6) is 0 Å². The van der Waals surface area contributed by atoms with Crippen LogP contribution in [0.15, 0.2) is 0 Å². The Hall–Kier alpha value is -1.14. The molecule has 0 heterocycles. The molecule has 6 nitrogen and oxygen atoms in total. The average Bonchev–Trinajstić information content (AvgIpc) is 3.04. The second-order valence-electron chi connectivity index (χ2n) is 14.1. The van der Waals surface area contributed by atoms with Crippen molar-refractivity contribution >= 4 is 11.9 Å². The van der Waals surface area contributed by atoms with E-state index in [4.69, 9.17) is 4.74 Å². The molecule has 46 heavy (non-hydrogen) atoms. The lowest BCUT2D eigenvalue weighted by molar-refractivity contribution is -0.151. The van der Waals surface area contributed by atoms with Gasteiger partial charge in [0.05, 0.1) is 25.2 Å². The van der Waals surface area contributed by atoms with Gasteiger partial charge in [0, 0.05) is 6.42 Å². The first-order valence-corrected chi connectivity index (χ1v) is 20.3. The van der Waals surface area contributed by atoms with Crippen LogP contribution in [0, 0.1) is 0 Å². The molecule has 0 spiro atoms. The van der Waals surface area contributed by atoms with Crippen molar-refractivity contribution in [2.45, 2.75) is 238 Å². The lowest BCUT2D eigenvalue weighted by atomic mass is 10.0. The van der Waals surface area contributed by atoms with Gasteiger partial charge in [-0.3, -0.25) is 9.59 Å². The number of hydrogen-bond acceptors (Lipinski definition) is 5. The highest BCUT2D eigenvalue weighted by Gasteiger charge is 2.24. The molecule has 0 aliphatic heterocycles. The summed E-state index contributed by atoms with van der Waals surface area (Å²) in [5.74, 6) is -0.472. The van der Waals surface area contributed by atoms with Gasteiger partial charge in [-0.25, -0.2) is 0 Å². The Balaban J connectivity index is 4.48. The second-order valence-corrected chi connectivity index (χ2v) is 14.1. The molecule has 1 amide bonds. The Labute approximate surface area is 286 Å². The first kappa shape index (κ1) is 44.9. The van der Waals surface area contributed by atoms with E-state index in [1.165, 1.54) is 128 Å². The molecular weight excluding hydrogens is 574 g/mol. The number of aliphatic hydroxyl groups excluding tert-OH is 2. The first-order valence-electron chi connectivity index (χ1n) is 20.3. The Morgan fingerprint density at radius 3 is 1.33 bits per heavy atom. The number of esters is 1. The van der Waals surface area contributed by atoms with Gasteiger partial charge >= 0.3 is 5.97 Å². The topological polar surface area (TPSA) is 95.9 Å². The van der Waals surface area contributed by atoms with Crippen molar-refractivity contribution in [2.75, 3.05) is 6.61 Å². The molecule has 6 heteroatoms. The van der Waals surface area contributed by atoms with Crippen LogP contribution in [0.1, 0.15) is 220 Å². The number of amides is 1. The van der Waals surface area contributed by atoms with Gasteiger partial charge in [-0.1, -0.05) is 181 Å². The zero-order valence-corrected chi connectivity index (χ0v) is 31.0. The number of carbonyl (C=O) groups excluding carboxylic acids is 2. The number of carbonyl (C=O) groups is 2. The average molecular weight is 654 g/mol. The van der Waals surface area contributed by atoms with Gasteiger partial charge in [-0.2, -0.15) is 0 Å². The van der Waals surface area contributed by atoms with Crippen LogP contribution in [0.4, 0.5) is 0 Å². The standard InChI is InChI=1S/C40H79NO5/c1-4-7-10-13-16-18-19-21-23-26-29-32-38(43)37(35-42)41-39(44)34-36(31-28-25-22-15-12-9-6-3)46-40(45)33-30-27-24-20-17-14-11-8-5-2/h36-38,42-43H,4-35H2,1-3H3,(H,41,44). The van der Waals surface area contributed by atoms with Gasteiger partial charge < -0.3 is 20.3 Å². The van der Waals surface area contributed by atoms with Crippen molar-refractivity contribution in [3.8, 4) is 0 Å². The van der Waals surface area contributed by atoms with Crippen molar-refractivity contribution in [1.29, 1.82) is 0 Å². The van der Waals surface area contributed by atoms with Gasteiger partial charge in [0.1, 0.15) is 6.10 Å². The molecule has 0 rings (SSSR count). The fourth-order valence-electron chi connectivity index (χ4n) is 6.31. The number of ether oxygens (including phenoxy) is 1. The summed E-state index contributed by atoms with van der Waals surface area (Å²) in [6, 6.07) is -0.687. The fourth-order valence-corrected chi connectivity index (χ4v) is 6.31. The molecule has 0 fully saturated rings. The third kappa shape index (κ3) is 30.2. The quantitative estimate of drug-likeness (QED) is 0.0462. The summed E-state index contributed by atoms with van der Waals surface area (Å²) in [5, 5.41) is 23.5. The Morgan fingerprint density at radius 2 is 0.913 bits per heavy atom. The van der Waals surface area contributed by atoms with Crippen molar-refractivity contribution in [3.63, 3.8) is 0 Å². The molecule has 3 unspecified atom stereocenters. The largest absolute Gasteiger partial charge is 0.462 e. The van der Waals surface area contributed by atoms with Gasteiger partial charge in [0.15, 0.2) is 0 Å². The summed E-state index contributed by atoms with van der Waals surface area (Å²) in [6.07, 6.45) is 33.1. The molecule has 0 bridgehead atoms. The maximum atomic E-state index is 13.0.